The molecule has 5 fully saturated rings. The molecule has 0 spiro atoms. The number of benzene rings is 1. The van der Waals surface area contributed by atoms with E-state index < -0.39 is 42.3 Å². The van der Waals surface area contributed by atoms with Crippen molar-refractivity contribution in [1.82, 2.24) is 54.2 Å². The van der Waals surface area contributed by atoms with E-state index in [1.165, 1.54) is 12.1 Å². The van der Waals surface area contributed by atoms with Gasteiger partial charge in [0.15, 0.2) is 17.2 Å². The molecular formula is C43H50F3N13O4. The Balaban J connectivity index is 0.705. The highest BCUT2D eigenvalue weighted by Crippen LogP contribution is 2.39. The summed E-state index contributed by atoms with van der Waals surface area (Å²) >= 11 is 0. The largest absolute Gasteiger partial charge is 0.379 e. The minimum Gasteiger partial charge on any atom is -0.379 e. The molecule has 63 heavy (non-hydrogen) atoms. The third kappa shape index (κ3) is 7.54. The molecule has 11 rings (SSSR count). The van der Waals surface area contributed by atoms with Gasteiger partial charge >= 0.3 is 0 Å². The predicted octanol–water partition coefficient (Wildman–Crippen LogP) is 5.08. The maximum Gasteiger partial charge on any atom is 0.284 e. The van der Waals surface area contributed by atoms with E-state index >= 15 is 4.39 Å². The van der Waals surface area contributed by atoms with Crippen LogP contribution in [0.3, 0.4) is 0 Å². The number of nitrogens with zero attached hydrogens (tertiary/aromatic N) is 11. The molecule has 5 aromatic heterocycles. The molecule has 20 heteroatoms. The van der Waals surface area contributed by atoms with E-state index in [9.17, 15) is 23.8 Å². The SMILES string of the molecule is O=C(Nc1cn(C2CCC(CN3CCC(n4cc(-c5cc(F)cc6c5cnn6[C@@H]5CC[C@@H](O)N[C@@H]5O)cn4)CC3)CC2)nc1C(F)F)c1c(N2C[C@H]3C[C@@H]2CO3)nn2cccnc12. The van der Waals surface area contributed by atoms with Gasteiger partial charge in [0, 0.05) is 61.9 Å². The molecule has 1 aliphatic carbocycles. The second kappa shape index (κ2) is 16.3. The number of carbonyl (C=O) groups is 1. The molecule has 332 valence electrons. The summed E-state index contributed by atoms with van der Waals surface area (Å²) < 4.78 is 56.5. The number of aliphatic hydroxyl groups is 2. The van der Waals surface area contributed by atoms with Crippen LogP contribution >= 0.6 is 0 Å². The number of amides is 1. The first-order valence-corrected chi connectivity index (χ1v) is 22.1. The number of aliphatic hydroxyl groups excluding tert-OH is 2. The summed E-state index contributed by atoms with van der Waals surface area (Å²) in [6.45, 7) is 3.94. The van der Waals surface area contributed by atoms with E-state index in [1.807, 2.05) is 10.9 Å². The van der Waals surface area contributed by atoms with Crippen LogP contribution in [0.15, 0.2) is 55.4 Å². The Labute approximate surface area is 359 Å². The fourth-order valence-corrected chi connectivity index (χ4v) is 10.7. The van der Waals surface area contributed by atoms with E-state index in [1.54, 1.807) is 50.9 Å². The molecule has 2 bridgehead atoms. The first kappa shape index (κ1) is 40.4. The molecule has 9 heterocycles. The number of likely N-dealkylation sites (tertiary alicyclic amines) is 1. The van der Waals surface area contributed by atoms with Crippen molar-refractivity contribution >= 4 is 34.0 Å². The zero-order valence-corrected chi connectivity index (χ0v) is 34.6. The second-order valence-corrected chi connectivity index (χ2v) is 17.9. The first-order chi connectivity index (χ1) is 30.6. The number of hydrogen-bond acceptors (Lipinski definition) is 12. The van der Waals surface area contributed by atoms with Crippen LogP contribution < -0.4 is 15.5 Å². The van der Waals surface area contributed by atoms with Crippen LogP contribution in [-0.4, -0.2) is 122 Å². The lowest BCUT2D eigenvalue weighted by atomic mass is 9.85. The van der Waals surface area contributed by atoms with Crippen molar-refractivity contribution in [2.75, 3.05) is 43.0 Å². The number of piperidine rings is 2. The van der Waals surface area contributed by atoms with Crippen molar-refractivity contribution in [3.05, 3.63) is 72.5 Å². The molecule has 17 nitrogen and oxygen atoms in total. The lowest BCUT2D eigenvalue weighted by Crippen LogP contribution is -2.48. The van der Waals surface area contributed by atoms with Gasteiger partial charge in [0.1, 0.15) is 23.8 Å². The Morgan fingerprint density at radius 1 is 0.952 bits per heavy atom. The summed E-state index contributed by atoms with van der Waals surface area (Å²) in [6, 6.07) is 4.45. The number of alkyl halides is 2. The number of fused-ring (bicyclic) bond motifs is 4. The Kier molecular flexibility index (Phi) is 10.4. The van der Waals surface area contributed by atoms with E-state index in [0.29, 0.717) is 54.5 Å². The molecule has 6 aromatic rings. The lowest BCUT2D eigenvalue weighted by molar-refractivity contribution is -0.0296. The molecule has 4 saturated heterocycles. The van der Waals surface area contributed by atoms with Crippen LogP contribution in [0.4, 0.5) is 24.7 Å². The Hall–Kier alpha value is -5.41. The van der Waals surface area contributed by atoms with Crippen LogP contribution in [0.1, 0.15) is 98.4 Å². The van der Waals surface area contributed by atoms with Gasteiger partial charge in [-0.3, -0.25) is 24.2 Å². The van der Waals surface area contributed by atoms with Gasteiger partial charge in [-0.05, 0) is 87.5 Å². The maximum absolute atomic E-state index is 15.1. The zero-order valence-electron chi connectivity index (χ0n) is 34.6. The Bertz CT molecular complexity index is 2630. The van der Waals surface area contributed by atoms with E-state index in [-0.39, 0.29) is 35.5 Å². The number of morpholine rings is 1. The van der Waals surface area contributed by atoms with Crippen molar-refractivity contribution in [2.45, 2.75) is 107 Å². The number of rotatable bonds is 10. The number of halogens is 3. The fraction of sp³-hybridized carbons (Fsp3) is 0.535. The van der Waals surface area contributed by atoms with Gasteiger partial charge in [-0.1, -0.05) is 0 Å². The van der Waals surface area contributed by atoms with Gasteiger partial charge in [0.25, 0.3) is 12.3 Å². The molecule has 1 aromatic carbocycles. The summed E-state index contributed by atoms with van der Waals surface area (Å²) in [4.78, 5) is 22.9. The molecule has 1 saturated carbocycles. The van der Waals surface area contributed by atoms with E-state index in [4.69, 9.17) is 9.84 Å². The van der Waals surface area contributed by atoms with Crippen LogP contribution in [0, 0.1) is 11.7 Å². The van der Waals surface area contributed by atoms with Gasteiger partial charge in [0.05, 0.1) is 60.5 Å². The monoisotopic (exact) mass is 869 g/mol. The van der Waals surface area contributed by atoms with E-state index in [2.05, 4.69) is 40.7 Å². The average molecular weight is 870 g/mol. The third-order valence-electron chi connectivity index (χ3n) is 14.0. The minimum absolute atomic E-state index is 0.00693. The Morgan fingerprint density at radius 3 is 2.54 bits per heavy atom. The van der Waals surface area contributed by atoms with Crippen molar-refractivity contribution in [2.24, 2.45) is 5.92 Å². The third-order valence-corrected chi connectivity index (χ3v) is 14.0. The number of nitrogens with one attached hydrogen (secondary N) is 2. The molecule has 1 amide bonds. The van der Waals surface area contributed by atoms with Crippen LogP contribution in [0.2, 0.25) is 0 Å². The smallest absolute Gasteiger partial charge is 0.284 e. The number of anilines is 2. The first-order valence-electron chi connectivity index (χ1n) is 22.1. The van der Waals surface area contributed by atoms with Crippen molar-refractivity contribution in [1.29, 1.82) is 0 Å². The molecular weight excluding hydrogens is 820 g/mol. The number of ether oxygens (including phenoxy) is 1. The van der Waals surface area contributed by atoms with Crippen molar-refractivity contribution in [3.63, 3.8) is 0 Å². The van der Waals surface area contributed by atoms with Crippen LogP contribution in [0.5, 0.6) is 0 Å². The number of carbonyl (C=O) groups excluding carboxylic acids is 1. The molecule has 0 radical (unpaired) electrons. The average Bonchev–Trinajstić information content (AvgIpc) is 4.15. The minimum atomic E-state index is -2.87. The normalized spacial score (nSPS) is 27.1. The quantitative estimate of drug-likeness (QED) is 0.144. The summed E-state index contributed by atoms with van der Waals surface area (Å²) in [7, 11) is 0. The Morgan fingerprint density at radius 2 is 1.78 bits per heavy atom. The topological polar surface area (TPSA) is 181 Å². The van der Waals surface area contributed by atoms with Gasteiger partial charge in [-0.2, -0.15) is 15.3 Å². The summed E-state index contributed by atoms with van der Waals surface area (Å²) in [6.07, 6.45) is 12.8. The van der Waals surface area contributed by atoms with Crippen molar-refractivity contribution < 1.29 is 32.9 Å². The van der Waals surface area contributed by atoms with Crippen molar-refractivity contribution in [3.8, 4) is 11.1 Å². The highest BCUT2D eigenvalue weighted by Gasteiger charge is 2.42. The number of hydrogen-bond donors (Lipinski definition) is 4. The van der Waals surface area contributed by atoms with Gasteiger partial charge in [-0.25, -0.2) is 22.7 Å². The summed E-state index contributed by atoms with van der Waals surface area (Å²) in [5.74, 6) is -0.0226. The molecule has 0 unspecified atom stereocenters. The molecule has 5 aliphatic rings. The molecule has 4 aliphatic heterocycles. The van der Waals surface area contributed by atoms with Crippen LogP contribution in [-0.2, 0) is 4.74 Å². The maximum atomic E-state index is 15.1. The highest BCUT2D eigenvalue weighted by molar-refractivity contribution is 6.12. The predicted molar refractivity (Wildman–Crippen MR) is 224 cm³/mol. The highest BCUT2D eigenvalue weighted by atomic mass is 19.3. The second-order valence-electron chi connectivity index (χ2n) is 17.9. The summed E-state index contributed by atoms with van der Waals surface area (Å²) in [5, 5.41) is 45.0. The standard InChI is InChI=1S/C43H50F3N13O4/c44-26-14-31(32-18-49-59(35(32)15-26)34-6-7-36(60)51-42(34)61)25-17-48-57(20-25)28-8-12-54(13-9-28)19-24-2-4-27(5-3-24)58-22-33(38(52-58)39(45)46)50-43(62)37-40-47-10-1-11-56(40)53-41(37)55-21-30-16-29(55)23-63-30/h1,10-11,14-15,17-18,20,22,24,27-30,34,36,39,42,51,60-61H,2-9,12-13,16,19,21,23H2,(H,50,62)/t24?,27?,29-,30-,34-,36-,42-/m1/s1. The summed E-state index contributed by atoms with van der Waals surface area (Å²) in [5.41, 5.74) is 2.19. The molecule has 4 N–H and O–H groups in total. The van der Waals surface area contributed by atoms with Gasteiger partial charge in [0.2, 0.25) is 0 Å². The lowest BCUT2D eigenvalue weighted by Gasteiger charge is -2.36. The zero-order chi connectivity index (χ0) is 42.9. The molecule has 5 atom stereocenters. The van der Waals surface area contributed by atoms with Gasteiger partial charge < -0.3 is 30.1 Å². The fourth-order valence-electron chi connectivity index (χ4n) is 10.7. The number of aromatic nitrogens is 9. The van der Waals surface area contributed by atoms with Gasteiger partial charge in [-0.15, -0.1) is 5.10 Å². The van der Waals surface area contributed by atoms with E-state index in [0.717, 1.165) is 75.5 Å². The van der Waals surface area contributed by atoms with Crippen LogP contribution in [0.25, 0.3) is 27.7 Å².